The van der Waals surface area contributed by atoms with Gasteiger partial charge in [0.2, 0.25) is 5.95 Å². The van der Waals surface area contributed by atoms with Gasteiger partial charge in [-0.15, -0.1) is 5.11 Å². The summed E-state index contributed by atoms with van der Waals surface area (Å²) in [5.41, 5.74) is 1.77. The van der Waals surface area contributed by atoms with Gasteiger partial charge in [-0.1, -0.05) is 18.2 Å². The number of halogens is 3. The number of alkyl halides is 3. The van der Waals surface area contributed by atoms with Crippen molar-refractivity contribution in [1.29, 1.82) is 5.26 Å². The van der Waals surface area contributed by atoms with Gasteiger partial charge in [-0.25, -0.2) is 9.97 Å². The van der Waals surface area contributed by atoms with Crippen molar-refractivity contribution < 1.29 is 18.3 Å². The maximum atomic E-state index is 12.8. The molecule has 0 unspecified atom stereocenters. The van der Waals surface area contributed by atoms with Crippen molar-refractivity contribution in [1.82, 2.24) is 9.97 Å². The number of azo groups is 1. The maximum absolute atomic E-state index is 12.8. The first-order valence-corrected chi connectivity index (χ1v) is 9.85. The van der Waals surface area contributed by atoms with E-state index in [1.165, 1.54) is 36.5 Å². The van der Waals surface area contributed by atoms with E-state index in [1.54, 1.807) is 30.3 Å². The molecular formula is C24H15F3N6O. The van der Waals surface area contributed by atoms with Crippen LogP contribution in [0.1, 0.15) is 11.1 Å². The second kappa shape index (κ2) is 9.38. The van der Waals surface area contributed by atoms with Crippen LogP contribution in [0.5, 0.6) is 5.75 Å². The molecule has 0 saturated heterocycles. The summed E-state index contributed by atoms with van der Waals surface area (Å²) in [6.07, 6.45) is -2.90. The minimum absolute atomic E-state index is 0.0829. The lowest BCUT2D eigenvalue weighted by Gasteiger charge is -2.10. The molecule has 0 fully saturated rings. The molecule has 0 aliphatic carbocycles. The van der Waals surface area contributed by atoms with E-state index in [9.17, 15) is 18.3 Å². The highest BCUT2D eigenvalue weighted by molar-refractivity contribution is 5.73. The van der Waals surface area contributed by atoms with Gasteiger partial charge < -0.3 is 10.4 Å². The van der Waals surface area contributed by atoms with Crippen LogP contribution in [0.4, 0.5) is 36.2 Å². The molecule has 0 saturated carbocycles. The molecule has 0 spiro atoms. The van der Waals surface area contributed by atoms with E-state index in [2.05, 4.69) is 25.5 Å². The molecule has 1 heterocycles. The number of anilines is 2. The zero-order valence-electron chi connectivity index (χ0n) is 17.3. The number of phenols is 1. The molecule has 2 N–H and O–H groups in total. The smallest absolute Gasteiger partial charge is 0.416 e. The number of hydrogen-bond acceptors (Lipinski definition) is 7. The summed E-state index contributed by atoms with van der Waals surface area (Å²) in [5, 5.41) is 30.0. The summed E-state index contributed by atoms with van der Waals surface area (Å²) in [5.74, 6) is 0.0529. The SMILES string of the molecule is N#Cc1cc(/N=N/c2ccccc2-c2ccnc(Nc3ccc(C(F)(F)F)cc3)n2)ccc1O. The minimum Gasteiger partial charge on any atom is -0.507 e. The largest absolute Gasteiger partial charge is 0.507 e. The lowest BCUT2D eigenvalue weighted by atomic mass is 10.1. The monoisotopic (exact) mass is 460 g/mol. The van der Waals surface area contributed by atoms with Gasteiger partial charge in [0.15, 0.2) is 0 Å². The van der Waals surface area contributed by atoms with Crippen LogP contribution in [0.3, 0.4) is 0 Å². The number of aromatic nitrogens is 2. The summed E-state index contributed by atoms with van der Waals surface area (Å²) in [4.78, 5) is 8.57. The number of phenolic OH excluding ortho intramolecular Hbond substituents is 1. The van der Waals surface area contributed by atoms with E-state index in [-0.39, 0.29) is 17.3 Å². The van der Waals surface area contributed by atoms with Crippen molar-refractivity contribution >= 4 is 23.0 Å². The molecule has 0 aliphatic heterocycles. The van der Waals surface area contributed by atoms with E-state index >= 15 is 0 Å². The lowest BCUT2D eigenvalue weighted by Crippen LogP contribution is -2.04. The van der Waals surface area contributed by atoms with E-state index < -0.39 is 11.7 Å². The first-order chi connectivity index (χ1) is 16.3. The van der Waals surface area contributed by atoms with Gasteiger partial charge in [-0.3, -0.25) is 0 Å². The Balaban J connectivity index is 1.59. The molecule has 0 bridgehead atoms. The minimum atomic E-state index is -4.41. The van der Waals surface area contributed by atoms with Crippen molar-refractivity contribution in [3.05, 3.63) is 90.1 Å². The summed E-state index contributed by atoms with van der Waals surface area (Å²) in [6.45, 7) is 0. The third-order valence-electron chi connectivity index (χ3n) is 4.68. The highest BCUT2D eigenvalue weighted by atomic mass is 19.4. The average Bonchev–Trinajstić information content (AvgIpc) is 2.84. The Kier molecular flexibility index (Phi) is 6.18. The van der Waals surface area contributed by atoms with Crippen LogP contribution in [0.15, 0.2) is 89.2 Å². The molecule has 168 valence electrons. The van der Waals surface area contributed by atoms with Crippen molar-refractivity contribution in [2.75, 3.05) is 5.32 Å². The van der Waals surface area contributed by atoms with Gasteiger partial charge in [0.1, 0.15) is 11.8 Å². The van der Waals surface area contributed by atoms with Gasteiger partial charge in [0.05, 0.1) is 28.2 Å². The molecule has 0 aliphatic rings. The standard InChI is InChI=1S/C24H15F3N6O/c25-24(26,27)16-5-7-17(8-6-16)30-23-29-12-11-20(31-23)19-3-1-2-4-21(19)33-32-18-9-10-22(34)15(13-18)14-28/h1-13,34H,(H,29,30,31)/b33-32+. The lowest BCUT2D eigenvalue weighted by molar-refractivity contribution is -0.137. The fraction of sp³-hybridized carbons (Fsp3) is 0.0417. The van der Waals surface area contributed by atoms with E-state index in [4.69, 9.17) is 5.26 Å². The molecule has 1 aromatic heterocycles. The topological polar surface area (TPSA) is 107 Å². The van der Waals surface area contributed by atoms with Gasteiger partial charge in [-0.2, -0.15) is 23.5 Å². The Morgan fingerprint density at radius 1 is 0.941 bits per heavy atom. The highest BCUT2D eigenvalue weighted by Gasteiger charge is 2.29. The molecule has 7 nitrogen and oxygen atoms in total. The maximum Gasteiger partial charge on any atom is 0.416 e. The number of aromatic hydroxyl groups is 1. The van der Waals surface area contributed by atoms with E-state index in [0.29, 0.717) is 28.3 Å². The van der Waals surface area contributed by atoms with Crippen LogP contribution in [-0.2, 0) is 6.18 Å². The second-order valence-corrected chi connectivity index (χ2v) is 7.00. The van der Waals surface area contributed by atoms with Crippen molar-refractivity contribution in [2.24, 2.45) is 10.2 Å². The number of nitrogens with one attached hydrogen (secondary N) is 1. The molecule has 3 aromatic carbocycles. The van der Waals surface area contributed by atoms with Crippen molar-refractivity contribution in [2.45, 2.75) is 6.18 Å². The van der Waals surface area contributed by atoms with Gasteiger partial charge >= 0.3 is 6.18 Å². The zero-order chi connectivity index (χ0) is 24.1. The van der Waals surface area contributed by atoms with E-state index in [0.717, 1.165) is 12.1 Å². The molecule has 34 heavy (non-hydrogen) atoms. The fourth-order valence-corrected chi connectivity index (χ4v) is 3.01. The molecule has 4 aromatic rings. The predicted molar refractivity (Wildman–Crippen MR) is 119 cm³/mol. The Bertz CT molecular complexity index is 1400. The van der Waals surface area contributed by atoms with Crippen LogP contribution in [0.25, 0.3) is 11.3 Å². The molecule has 10 heteroatoms. The van der Waals surface area contributed by atoms with Crippen LogP contribution >= 0.6 is 0 Å². The third kappa shape index (κ3) is 5.16. The van der Waals surface area contributed by atoms with Crippen LogP contribution in [0, 0.1) is 11.3 Å². The number of nitriles is 1. The first-order valence-electron chi connectivity index (χ1n) is 9.85. The summed E-state index contributed by atoms with van der Waals surface area (Å²) in [6, 6.07) is 19.5. The normalized spacial score (nSPS) is 11.4. The quantitative estimate of drug-likeness (QED) is 0.315. The van der Waals surface area contributed by atoms with Crippen LogP contribution < -0.4 is 5.32 Å². The van der Waals surface area contributed by atoms with E-state index in [1.807, 2.05) is 6.07 Å². The number of hydrogen-bond donors (Lipinski definition) is 2. The number of benzene rings is 3. The van der Waals surface area contributed by atoms with Gasteiger partial charge in [0, 0.05) is 17.4 Å². The Labute approximate surface area is 191 Å². The Hall–Kier alpha value is -4.78. The highest BCUT2D eigenvalue weighted by Crippen LogP contribution is 2.32. The molecule has 0 radical (unpaired) electrons. The number of nitrogens with zero attached hydrogens (tertiary/aromatic N) is 5. The van der Waals surface area contributed by atoms with Gasteiger partial charge in [0.25, 0.3) is 0 Å². The first kappa shape index (κ1) is 22.4. The Morgan fingerprint density at radius 3 is 2.44 bits per heavy atom. The van der Waals surface area contributed by atoms with Crippen LogP contribution in [-0.4, -0.2) is 15.1 Å². The average molecular weight is 460 g/mol. The molecule has 4 rings (SSSR count). The zero-order valence-corrected chi connectivity index (χ0v) is 17.3. The summed E-state index contributed by atoms with van der Waals surface area (Å²) < 4.78 is 38.3. The summed E-state index contributed by atoms with van der Waals surface area (Å²) >= 11 is 0. The fourth-order valence-electron chi connectivity index (χ4n) is 3.01. The predicted octanol–water partition coefficient (Wildman–Crippen LogP) is 6.90. The molecule has 0 amide bonds. The van der Waals surface area contributed by atoms with Crippen molar-refractivity contribution in [3.63, 3.8) is 0 Å². The molecule has 0 atom stereocenters. The van der Waals surface area contributed by atoms with Crippen LogP contribution in [0.2, 0.25) is 0 Å². The number of rotatable bonds is 5. The van der Waals surface area contributed by atoms with Crippen molar-refractivity contribution in [3.8, 4) is 23.1 Å². The Morgan fingerprint density at radius 2 is 1.71 bits per heavy atom. The molecular weight excluding hydrogens is 445 g/mol. The van der Waals surface area contributed by atoms with Gasteiger partial charge in [-0.05, 0) is 54.6 Å². The second-order valence-electron chi connectivity index (χ2n) is 7.00. The third-order valence-corrected chi connectivity index (χ3v) is 4.68. The summed E-state index contributed by atoms with van der Waals surface area (Å²) in [7, 11) is 0.